The number of aromatic amines is 1. The zero-order valence-electron chi connectivity index (χ0n) is 18.5. The minimum absolute atomic E-state index is 0.0982. The molecule has 30 heavy (non-hydrogen) atoms. The van der Waals surface area contributed by atoms with Crippen molar-refractivity contribution in [1.82, 2.24) is 9.97 Å². The number of carbonyl (C=O) groups is 2. The minimum atomic E-state index is -0.154. The van der Waals surface area contributed by atoms with Crippen LogP contribution in [0, 0.1) is 34.5 Å². The third-order valence-electron chi connectivity index (χ3n) is 9.58. The van der Waals surface area contributed by atoms with Gasteiger partial charge in [-0.05, 0) is 68.1 Å². The maximum Gasteiger partial charge on any atom is 0.139 e. The van der Waals surface area contributed by atoms with Crippen LogP contribution in [0.5, 0.6) is 0 Å². The Balaban J connectivity index is 1.23. The van der Waals surface area contributed by atoms with Crippen molar-refractivity contribution < 1.29 is 14.3 Å². The molecule has 0 radical (unpaired) electrons. The van der Waals surface area contributed by atoms with E-state index in [-0.39, 0.29) is 22.9 Å². The topological polar surface area (TPSA) is 72.0 Å². The molecule has 5 heteroatoms. The van der Waals surface area contributed by atoms with Crippen molar-refractivity contribution in [2.24, 2.45) is 34.5 Å². The number of aryl methyl sites for hydroxylation is 1. The normalized spacial score (nSPS) is 43.2. The highest BCUT2D eigenvalue weighted by molar-refractivity contribution is 5.88. The van der Waals surface area contributed by atoms with Crippen molar-refractivity contribution in [3.05, 3.63) is 18.2 Å². The van der Waals surface area contributed by atoms with Crippen LogP contribution in [0.25, 0.3) is 0 Å². The smallest absolute Gasteiger partial charge is 0.139 e. The molecule has 5 rings (SSSR count). The number of ether oxygens (including phenoxy) is 1. The number of H-pyrrole nitrogens is 1. The number of imidazole rings is 1. The molecule has 2 unspecified atom stereocenters. The Morgan fingerprint density at radius 2 is 2.03 bits per heavy atom. The van der Waals surface area contributed by atoms with Gasteiger partial charge in [0.25, 0.3) is 0 Å². The average molecular weight is 413 g/mol. The standard InChI is InChI=1S/C25H36N2O3/c1-24-9-7-16(30-13-3-4-23-26-11-12-27-23)14-20(24)21(28)15-17-18-5-6-22(29)25(18,2)10-8-19(17)24/h11-12,16-20H,3-10,13-15H2,1-2H3,(H,26,27)/t16?,17-,18-,19+,20?,24+,25-/m0/s1. The first kappa shape index (κ1) is 20.4. The number of rotatable bonds is 5. The quantitative estimate of drug-likeness (QED) is 0.722. The fraction of sp³-hybridized carbons (Fsp3) is 0.800. The number of carbonyl (C=O) groups excluding carboxylic acids is 2. The van der Waals surface area contributed by atoms with Gasteiger partial charge in [-0.1, -0.05) is 13.8 Å². The van der Waals surface area contributed by atoms with Crippen LogP contribution in [0.1, 0.15) is 77.5 Å². The minimum Gasteiger partial charge on any atom is -0.378 e. The molecule has 4 aliphatic rings. The number of nitrogens with zero attached hydrogens (tertiary/aromatic N) is 1. The Kier molecular flexibility index (Phi) is 5.16. The van der Waals surface area contributed by atoms with E-state index >= 15 is 0 Å². The van der Waals surface area contributed by atoms with Crippen molar-refractivity contribution >= 4 is 11.6 Å². The van der Waals surface area contributed by atoms with Crippen LogP contribution in [0.15, 0.2) is 12.4 Å². The number of aromatic nitrogens is 2. The van der Waals surface area contributed by atoms with Gasteiger partial charge in [0.2, 0.25) is 0 Å². The number of hydrogen-bond donors (Lipinski definition) is 1. The molecule has 0 saturated heterocycles. The van der Waals surface area contributed by atoms with Gasteiger partial charge in [-0.15, -0.1) is 0 Å². The molecule has 164 valence electrons. The molecule has 7 atom stereocenters. The van der Waals surface area contributed by atoms with Gasteiger partial charge >= 0.3 is 0 Å². The molecule has 4 aliphatic carbocycles. The summed E-state index contributed by atoms with van der Waals surface area (Å²) in [5.41, 5.74) is -0.0556. The first-order valence-electron chi connectivity index (χ1n) is 12.1. The Labute approximate surface area is 179 Å². The van der Waals surface area contributed by atoms with Crippen LogP contribution in [0.3, 0.4) is 0 Å². The number of ketones is 2. The highest BCUT2D eigenvalue weighted by Crippen LogP contribution is 2.64. The molecule has 1 aromatic rings. The van der Waals surface area contributed by atoms with Crippen LogP contribution in [0.4, 0.5) is 0 Å². The van der Waals surface area contributed by atoms with E-state index in [1.807, 2.05) is 6.20 Å². The lowest BCUT2D eigenvalue weighted by atomic mass is 9.45. The van der Waals surface area contributed by atoms with Gasteiger partial charge < -0.3 is 9.72 Å². The third kappa shape index (κ3) is 3.19. The summed E-state index contributed by atoms with van der Waals surface area (Å²) in [5, 5.41) is 0. The Morgan fingerprint density at radius 3 is 2.83 bits per heavy atom. The fourth-order valence-corrected chi connectivity index (χ4v) is 7.85. The first-order chi connectivity index (χ1) is 14.4. The van der Waals surface area contributed by atoms with E-state index < -0.39 is 0 Å². The van der Waals surface area contributed by atoms with Crippen molar-refractivity contribution in [1.29, 1.82) is 0 Å². The molecule has 0 aliphatic heterocycles. The lowest BCUT2D eigenvalue weighted by Crippen LogP contribution is -2.57. The summed E-state index contributed by atoms with van der Waals surface area (Å²) in [5.74, 6) is 3.52. The van der Waals surface area contributed by atoms with Crippen LogP contribution < -0.4 is 0 Å². The van der Waals surface area contributed by atoms with Crippen LogP contribution in [-0.4, -0.2) is 34.2 Å². The van der Waals surface area contributed by atoms with E-state index in [1.54, 1.807) is 6.20 Å². The summed E-state index contributed by atoms with van der Waals surface area (Å²) in [6.07, 6.45) is 13.3. The Hall–Kier alpha value is -1.49. The molecule has 5 nitrogen and oxygen atoms in total. The summed E-state index contributed by atoms with van der Waals surface area (Å²) in [6.45, 7) is 5.31. The summed E-state index contributed by atoms with van der Waals surface area (Å²) < 4.78 is 6.22. The molecule has 0 bridgehead atoms. The monoisotopic (exact) mass is 412 g/mol. The van der Waals surface area contributed by atoms with Gasteiger partial charge in [0, 0.05) is 49.6 Å². The van der Waals surface area contributed by atoms with E-state index in [0.717, 1.165) is 70.2 Å². The lowest BCUT2D eigenvalue weighted by molar-refractivity contribution is -0.162. The molecule has 4 fully saturated rings. The molecule has 0 amide bonds. The second-order valence-electron chi connectivity index (χ2n) is 10.9. The third-order valence-corrected chi connectivity index (χ3v) is 9.58. The van der Waals surface area contributed by atoms with Crippen molar-refractivity contribution in [3.8, 4) is 0 Å². The number of nitrogens with one attached hydrogen (secondary N) is 1. The number of hydrogen-bond acceptors (Lipinski definition) is 4. The Bertz CT molecular complexity index is 805. The molecule has 1 aromatic heterocycles. The van der Waals surface area contributed by atoms with Crippen LogP contribution in [0.2, 0.25) is 0 Å². The van der Waals surface area contributed by atoms with E-state index in [4.69, 9.17) is 4.74 Å². The van der Waals surface area contributed by atoms with Gasteiger partial charge in [0.05, 0.1) is 6.10 Å². The Morgan fingerprint density at radius 1 is 1.17 bits per heavy atom. The number of fused-ring (bicyclic) bond motifs is 5. The average Bonchev–Trinajstić information content (AvgIpc) is 3.34. The van der Waals surface area contributed by atoms with Gasteiger partial charge in [-0.2, -0.15) is 0 Å². The van der Waals surface area contributed by atoms with Crippen molar-refractivity contribution in [2.45, 2.75) is 84.2 Å². The largest absolute Gasteiger partial charge is 0.378 e. The van der Waals surface area contributed by atoms with E-state index in [2.05, 4.69) is 23.8 Å². The van der Waals surface area contributed by atoms with E-state index in [0.29, 0.717) is 35.7 Å². The predicted octanol–water partition coefficient (Wildman–Crippen LogP) is 4.52. The van der Waals surface area contributed by atoms with Gasteiger partial charge in [-0.25, -0.2) is 4.98 Å². The van der Waals surface area contributed by atoms with Gasteiger partial charge in [0.1, 0.15) is 17.4 Å². The second-order valence-corrected chi connectivity index (χ2v) is 10.9. The molecular weight excluding hydrogens is 376 g/mol. The number of Topliss-reactive ketones (excluding diaryl/α,β-unsaturated/α-hetero) is 2. The van der Waals surface area contributed by atoms with Gasteiger partial charge in [-0.3, -0.25) is 9.59 Å². The fourth-order valence-electron chi connectivity index (χ4n) is 7.85. The SMILES string of the molecule is C[C@]12CCC(OCCCc3ncc[nH]3)CC1C(=O)C[C@@H]1[C@H]2CC[C@]2(C)C(=O)CC[C@@H]12. The molecule has 4 saturated carbocycles. The second kappa shape index (κ2) is 7.58. The van der Waals surface area contributed by atoms with Gasteiger partial charge in [0.15, 0.2) is 0 Å². The van der Waals surface area contributed by atoms with Crippen molar-refractivity contribution in [2.75, 3.05) is 6.61 Å². The molecule has 0 aromatic carbocycles. The van der Waals surface area contributed by atoms with Crippen LogP contribution in [-0.2, 0) is 20.7 Å². The van der Waals surface area contributed by atoms with E-state index in [9.17, 15) is 9.59 Å². The highest BCUT2D eigenvalue weighted by Gasteiger charge is 2.62. The first-order valence-corrected chi connectivity index (χ1v) is 12.1. The summed E-state index contributed by atoms with van der Waals surface area (Å²) >= 11 is 0. The summed E-state index contributed by atoms with van der Waals surface area (Å²) in [4.78, 5) is 33.3. The zero-order valence-corrected chi connectivity index (χ0v) is 18.5. The molecule has 1 N–H and O–H groups in total. The maximum atomic E-state index is 13.3. The zero-order chi connectivity index (χ0) is 20.9. The summed E-state index contributed by atoms with van der Waals surface area (Å²) in [7, 11) is 0. The predicted molar refractivity (Wildman–Crippen MR) is 114 cm³/mol. The maximum absolute atomic E-state index is 13.3. The highest BCUT2D eigenvalue weighted by atomic mass is 16.5. The van der Waals surface area contributed by atoms with E-state index in [1.165, 1.54) is 0 Å². The van der Waals surface area contributed by atoms with Crippen molar-refractivity contribution in [3.63, 3.8) is 0 Å². The molecular formula is C25H36N2O3. The molecule has 0 spiro atoms. The van der Waals surface area contributed by atoms with Crippen LogP contribution >= 0.6 is 0 Å². The molecule has 1 heterocycles. The summed E-state index contributed by atoms with van der Waals surface area (Å²) in [6, 6.07) is 0. The lowest BCUT2D eigenvalue weighted by Gasteiger charge is -2.59.